The normalized spacial score (nSPS) is 24.3. The van der Waals surface area contributed by atoms with Crippen LogP contribution in [0.1, 0.15) is 216 Å². The molecule has 12 saturated carbocycles. The Morgan fingerprint density at radius 2 is 0.618 bits per heavy atom. The van der Waals surface area contributed by atoms with Crippen LogP contribution in [-0.4, -0.2) is 187 Å². The molecule has 0 amide bonds. The Balaban J connectivity index is 0.000000514. The number of methoxy groups -OCH3 is 1. The number of aliphatic carboxylic acids is 1. The predicted molar refractivity (Wildman–Crippen MR) is 499 cm³/mol. The largest absolute Gasteiger partial charge is 0.477 e. The van der Waals surface area contributed by atoms with E-state index in [1.54, 1.807) is 0 Å². The van der Waals surface area contributed by atoms with Gasteiger partial charge >= 0.3 is 41.7 Å². The first kappa shape index (κ1) is 120. The van der Waals surface area contributed by atoms with Gasteiger partial charge in [0.15, 0.2) is 53.3 Å². The van der Waals surface area contributed by atoms with E-state index in [9.17, 15) is 76.3 Å². The summed E-state index contributed by atoms with van der Waals surface area (Å²) in [5.74, 6) is -11.2. The van der Waals surface area contributed by atoms with E-state index < -0.39 is 77.3 Å². The number of benzene rings is 6. The van der Waals surface area contributed by atoms with E-state index in [1.165, 1.54) is 68.6 Å². The minimum absolute atomic E-state index is 0. The fourth-order valence-corrected chi connectivity index (χ4v) is 23.8. The van der Waals surface area contributed by atoms with E-state index in [1.807, 2.05) is 20.8 Å². The second-order valence-corrected chi connectivity index (χ2v) is 40.1. The van der Waals surface area contributed by atoms with Crippen molar-refractivity contribution in [3.05, 3.63) is 182 Å². The summed E-state index contributed by atoms with van der Waals surface area (Å²) in [5.41, 5.74) is -1.77. The number of aliphatic hydroxyl groups is 7. The first-order valence-electron chi connectivity index (χ1n) is 44.4. The van der Waals surface area contributed by atoms with E-state index >= 15 is 0 Å². The molecule has 0 radical (unpaired) electrons. The topological polar surface area (TPSA) is 367 Å². The van der Waals surface area contributed by atoms with E-state index in [0.717, 1.165) is 103 Å². The summed E-state index contributed by atoms with van der Waals surface area (Å²) in [5, 5.41) is 72.1. The Hall–Kier alpha value is -6.93. The van der Waals surface area contributed by atoms with Crippen molar-refractivity contribution >= 4 is 92.2 Å². The maximum Gasteiger partial charge on any atom is 0.377 e. The van der Waals surface area contributed by atoms with Crippen LogP contribution < -0.4 is 0 Å². The van der Waals surface area contributed by atoms with Gasteiger partial charge in [0.2, 0.25) is 0 Å². The number of Topliss-reactive ketones (excluding diaryl/α,β-unsaturated/α-hetero) is 3. The number of hydrogen-bond donors (Lipinski definition) is 8. The van der Waals surface area contributed by atoms with Gasteiger partial charge in [-0.2, -0.15) is 17.6 Å². The van der Waals surface area contributed by atoms with Crippen LogP contribution in [0.15, 0.2) is 211 Å². The first-order valence-corrected chi connectivity index (χ1v) is 47.9. The Morgan fingerprint density at radius 1 is 0.397 bits per heavy atom. The number of carboxylic acids is 1. The number of ketones is 3. The molecule has 12 fully saturated rings. The summed E-state index contributed by atoms with van der Waals surface area (Å²) < 4.78 is 66.7. The second kappa shape index (κ2) is 59.8. The molecule has 0 saturated heterocycles. The van der Waals surface area contributed by atoms with Crippen LogP contribution in [0.4, 0.5) is 17.6 Å². The van der Waals surface area contributed by atoms with Gasteiger partial charge in [0, 0.05) is 72.8 Å². The number of hydrogen-bond acceptors (Lipinski definition) is 19. The summed E-state index contributed by atoms with van der Waals surface area (Å²) in [6.45, 7) is 11.6. The predicted octanol–water partition coefficient (Wildman–Crippen LogP) is 18.4. The van der Waals surface area contributed by atoms with Gasteiger partial charge in [-0.05, 0) is 249 Å². The van der Waals surface area contributed by atoms with E-state index in [4.69, 9.17) is 53.1 Å². The maximum atomic E-state index is 12.6. The molecule has 21 nitrogen and oxygen atoms in total. The molecule has 6 unspecified atom stereocenters. The SMILES string of the molecule is C.CC(F)(F)C(=O)O.CC(F)(F)C(=O)OCC(=O)CC(=O)OCC12CC3CC(CC(O)(C3)C1)C2.CCC.CCCO.CCCO.CCCO.COC(=O)CC(=O)CCl.O.O=C(CCl)CC(=O)OCC12CC3CC(CC(O)(C3)C1)C2.OCC12CC3CC(CC(O)(C3)C1)C2.[Ti].c1ccc([S+](c2ccccc2)c2ccccc2)cc1.c1ccc([S+](c2ccccc2)c2ccccc2)cc1. The molecule has 0 aliphatic heterocycles. The second-order valence-electron chi connectivity index (χ2n) is 35.6. The molecule has 6 aromatic rings. The summed E-state index contributed by atoms with van der Waals surface area (Å²) >= 11 is 10.5. The van der Waals surface area contributed by atoms with Gasteiger partial charge in [0.05, 0.1) is 70.7 Å². The van der Waals surface area contributed by atoms with E-state index in [0.29, 0.717) is 88.8 Å². The van der Waals surface area contributed by atoms with Crippen molar-refractivity contribution in [1.82, 2.24) is 0 Å². The van der Waals surface area contributed by atoms with Crippen LogP contribution in [0.2, 0.25) is 0 Å². The van der Waals surface area contributed by atoms with Crippen LogP contribution in [-0.2, 0) is 101 Å². The smallest absolute Gasteiger partial charge is 0.377 e. The molecule has 0 spiro atoms. The maximum absolute atomic E-state index is 12.6. The number of alkyl halides is 6. The minimum Gasteiger partial charge on any atom is -0.477 e. The third kappa shape index (κ3) is 41.7. The van der Waals surface area contributed by atoms with Crippen molar-refractivity contribution in [3.63, 3.8) is 0 Å². The van der Waals surface area contributed by atoms with Crippen molar-refractivity contribution in [2.45, 2.75) is 274 Å². The number of carbonyl (C=O) groups is 8. The van der Waals surface area contributed by atoms with Crippen LogP contribution in [0.3, 0.4) is 0 Å². The summed E-state index contributed by atoms with van der Waals surface area (Å²) in [4.78, 5) is 95.2. The fourth-order valence-electron chi connectivity index (χ4n) is 19.4. The molecule has 0 heterocycles. The van der Waals surface area contributed by atoms with E-state index in [-0.39, 0.29) is 115 Å². The van der Waals surface area contributed by atoms with Gasteiger partial charge < -0.3 is 65.3 Å². The zero-order valence-electron chi connectivity index (χ0n) is 76.4. The number of halogens is 6. The molecule has 12 aliphatic carbocycles. The zero-order valence-corrected chi connectivity index (χ0v) is 81.1. The minimum atomic E-state index is -3.68. The van der Waals surface area contributed by atoms with Gasteiger partial charge in [-0.25, -0.2) is 9.59 Å². The molecule has 0 aromatic heterocycles. The molecule has 12 bridgehead atoms. The van der Waals surface area contributed by atoms with Crippen LogP contribution in [0.25, 0.3) is 0 Å². The third-order valence-corrected chi connectivity index (χ3v) is 28.1. The number of esters is 4. The molecule has 18 rings (SSSR count). The van der Waals surface area contributed by atoms with Crippen molar-refractivity contribution in [2.75, 3.05) is 65.1 Å². The Morgan fingerprint density at radius 3 is 0.817 bits per heavy atom. The van der Waals surface area contributed by atoms with E-state index in [2.05, 4.69) is 205 Å². The Bertz CT molecular complexity index is 3900. The van der Waals surface area contributed by atoms with Gasteiger partial charge in [-0.15, -0.1) is 23.2 Å². The summed E-state index contributed by atoms with van der Waals surface area (Å²) in [7, 11) is 1.20. The number of carboxylic acid groups (broad SMARTS) is 1. The van der Waals surface area contributed by atoms with Crippen molar-refractivity contribution in [2.24, 2.45) is 51.8 Å². The molecule has 728 valence electrons. The average molecular weight is 1950 g/mol. The molecule has 10 N–H and O–H groups in total. The molecule has 30 heteroatoms. The molecular formula is C101H142Cl2F4O21S2Ti+2. The van der Waals surface area contributed by atoms with Crippen molar-refractivity contribution in [1.29, 1.82) is 0 Å². The first-order chi connectivity index (χ1) is 60.7. The summed E-state index contributed by atoms with van der Waals surface area (Å²) in [6.07, 6.45) is 20.3. The number of ether oxygens (including phenoxy) is 4. The van der Waals surface area contributed by atoms with Gasteiger partial charge in [-0.1, -0.05) is 158 Å². The third-order valence-electron chi connectivity index (χ3n) is 23.1. The molecular weight excluding hydrogens is 1810 g/mol. The zero-order chi connectivity index (χ0) is 94.8. The van der Waals surface area contributed by atoms with Gasteiger partial charge in [0.1, 0.15) is 19.3 Å². The van der Waals surface area contributed by atoms with Crippen LogP contribution >= 0.6 is 23.2 Å². The van der Waals surface area contributed by atoms with Gasteiger partial charge in [0.25, 0.3) is 0 Å². The van der Waals surface area contributed by atoms with Crippen LogP contribution in [0, 0.1) is 51.8 Å². The number of carbonyl (C=O) groups excluding carboxylic acids is 7. The number of aliphatic hydroxyl groups excluding tert-OH is 4. The molecule has 6 atom stereocenters. The monoisotopic (exact) mass is 1950 g/mol. The fraction of sp³-hybridized carbons (Fsp3) is 0.564. The Labute approximate surface area is 802 Å². The Kier molecular flexibility index (Phi) is 54.9. The van der Waals surface area contributed by atoms with Crippen LogP contribution in [0.5, 0.6) is 0 Å². The standard InChI is InChI=1S/C18H24F2O6.2C18H15S.C15H21ClO4.C11H18O2.C5H7ClO3.C3H4F2O2.3C3H8O.C3H8.CH4.H2O.Ti/c1-16(19,20)15(23)25-8-13(21)3-14(22)26-10-17-4-11-2-12(5-17)7-18(24,6-11)9-17;2*1-4-10-16(11-5-1)19(17-12-6-2-7-13-17)18-14-8-3-9-15-18;16-7-12(17)2-13(18)20-9-14-3-10-1-11(4-14)6-15(19,5-10)8-14;12-7-10-2-8-1-9(3-10)5-11(13,4-8)6-10;1-9-5(8)2-4(7)3-6;1-3(4,5)2(6)7;3*1-2-3-4;1-3-2;;;/h11-12,24H,2-10H2,1H3;2*1-15H;10-11,19H,1-9H2;8-9,12-13H,1-7H2;2-3H2,1H3;1H3,(H,6,7);3*4H,2-3H2,1H3;3H2,1-2H3;1H4;1H2;/q;2*+1;;;;;;;;;;;. The molecule has 12 aliphatic rings. The quantitative estimate of drug-likeness (QED) is 0.00475. The molecule has 131 heavy (non-hydrogen) atoms. The van der Waals surface area contributed by atoms with Crippen molar-refractivity contribution in [3.8, 4) is 0 Å². The molecule has 6 aromatic carbocycles. The summed E-state index contributed by atoms with van der Waals surface area (Å²) in [6, 6.07) is 64.3. The average Bonchev–Trinajstić information content (AvgIpc) is 0.727. The number of rotatable bonds is 26. The van der Waals surface area contributed by atoms with Crippen molar-refractivity contribution < 1.29 is 143 Å². The van der Waals surface area contributed by atoms with Gasteiger partial charge in [-0.3, -0.25) is 28.8 Å².